The largest absolute Gasteiger partial charge is 0.448 e. The van der Waals surface area contributed by atoms with Crippen molar-refractivity contribution in [3.05, 3.63) is 29.8 Å². The topological polar surface area (TPSA) is 79.8 Å². The molecule has 1 heterocycles. The maximum Gasteiger partial charge on any atom is 0.411 e. The first-order chi connectivity index (χ1) is 10.6. The van der Waals surface area contributed by atoms with Crippen LogP contribution in [0.2, 0.25) is 0 Å². The van der Waals surface area contributed by atoms with E-state index in [0.717, 1.165) is 11.3 Å². The number of benzene rings is 1. The van der Waals surface area contributed by atoms with E-state index in [4.69, 9.17) is 11.2 Å². The number of nitrogens with one attached hydrogen (secondary N) is 2. The van der Waals surface area contributed by atoms with Crippen molar-refractivity contribution in [3.63, 3.8) is 0 Å². The fourth-order valence-electron chi connectivity index (χ4n) is 2.08. The highest BCUT2D eigenvalue weighted by Crippen LogP contribution is 2.18. The summed E-state index contributed by atoms with van der Waals surface area (Å²) in [6.07, 6.45) is 5.33. The Kier molecular flexibility index (Phi) is 5.15. The van der Waals surface area contributed by atoms with Crippen LogP contribution in [0.25, 0.3) is 0 Å². The number of hydrogen-bond acceptors (Lipinski definition) is 4. The monoisotopic (exact) mass is 299 g/mol. The summed E-state index contributed by atoms with van der Waals surface area (Å²) in [6, 6.07) is 7.18. The zero-order valence-corrected chi connectivity index (χ0v) is 12.3. The van der Waals surface area contributed by atoms with Gasteiger partial charge >= 0.3 is 6.09 Å². The Morgan fingerprint density at radius 3 is 2.86 bits per heavy atom. The van der Waals surface area contributed by atoms with Crippen molar-refractivity contribution < 1.29 is 14.3 Å². The van der Waals surface area contributed by atoms with E-state index in [2.05, 4.69) is 21.8 Å². The molecule has 0 aromatic heterocycles. The van der Waals surface area contributed by atoms with Crippen molar-refractivity contribution in [2.45, 2.75) is 19.8 Å². The molecule has 114 valence electrons. The molecule has 1 aliphatic heterocycles. The molecule has 1 aliphatic rings. The van der Waals surface area contributed by atoms with Gasteiger partial charge in [-0.05, 0) is 17.7 Å². The van der Waals surface area contributed by atoms with Gasteiger partial charge in [0, 0.05) is 24.4 Å². The lowest BCUT2D eigenvalue weighted by atomic mass is 9.94. The van der Waals surface area contributed by atoms with Crippen LogP contribution < -0.4 is 10.7 Å². The number of terminal acetylenes is 1. The van der Waals surface area contributed by atoms with Crippen molar-refractivity contribution in [3.8, 4) is 12.3 Å². The molecule has 2 rings (SSSR count). The summed E-state index contributed by atoms with van der Waals surface area (Å²) in [6.45, 7) is 2.14. The van der Waals surface area contributed by atoms with Gasteiger partial charge in [0.1, 0.15) is 6.61 Å². The number of carbonyl (C=O) groups excluding carboxylic acids is 2. The molecule has 0 spiro atoms. The van der Waals surface area contributed by atoms with E-state index >= 15 is 0 Å². The molecule has 0 bridgehead atoms. The molecule has 0 fully saturated rings. The average Bonchev–Trinajstić information content (AvgIpc) is 2.49. The van der Waals surface area contributed by atoms with E-state index < -0.39 is 6.09 Å². The van der Waals surface area contributed by atoms with Crippen LogP contribution in [0, 0.1) is 18.3 Å². The molecule has 22 heavy (non-hydrogen) atoms. The normalized spacial score (nSPS) is 17.0. The lowest BCUT2D eigenvalue weighted by Gasteiger charge is -2.19. The van der Waals surface area contributed by atoms with Gasteiger partial charge in [0.2, 0.25) is 5.91 Å². The standard InChI is InChI=1S/C16H17N3O3/c1-3-4-9-22-16(21)17-13-7-5-12(6-8-13)15-11(2)10-14(20)18-19-15/h1,5-8,11H,4,9-10H2,2H3,(H,17,21)(H,18,20). The third kappa shape index (κ3) is 4.09. The molecule has 1 unspecified atom stereocenters. The summed E-state index contributed by atoms with van der Waals surface area (Å²) in [5, 5.41) is 6.70. The summed E-state index contributed by atoms with van der Waals surface area (Å²) >= 11 is 0. The minimum atomic E-state index is -0.543. The zero-order valence-electron chi connectivity index (χ0n) is 12.3. The number of hydrogen-bond donors (Lipinski definition) is 2. The van der Waals surface area contributed by atoms with Gasteiger partial charge in [-0.25, -0.2) is 10.2 Å². The molecule has 6 nitrogen and oxygen atoms in total. The highest BCUT2D eigenvalue weighted by atomic mass is 16.5. The second-order valence-corrected chi connectivity index (χ2v) is 4.93. The van der Waals surface area contributed by atoms with Crippen molar-refractivity contribution in [1.82, 2.24) is 5.43 Å². The quantitative estimate of drug-likeness (QED) is 0.660. The van der Waals surface area contributed by atoms with Crippen LogP contribution in [-0.4, -0.2) is 24.3 Å². The highest BCUT2D eigenvalue weighted by Gasteiger charge is 2.21. The second kappa shape index (κ2) is 7.27. The summed E-state index contributed by atoms with van der Waals surface area (Å²) in [5.41, 5.74) is 4.82. The SMILES string of the molecule is C#CCCOC(=O)Nc1ccc(C2=NNC(=O)CC2C)cc1. The molecule has 1 atom stereocenters. The van der Waals surface area contributed by atoms with Gasteiger partial charge < -0.3 is 4.74 Å². The number of carbonyl (C=O) groups is 2. The van der Waals surface area contributed by atoms with Crippen LogP contribution in [-0.2, 0) is 9.53 Å². The number of rotatable bonds is 4. The van der Waals surface area contributed by atoms with E-state index in [1.807, 2.05) is 19.1 Å². The number of hydrazone groups is 1. The maximum atomic E-state index is 11.5. The van der Waals surface area contributed by atoms with Gasteiger partial charge in [0.05, 0.1) is 5.71 Å². The smallest absolute Gasteiger partial charge is 0.411 e. The van der Waals surface area contributed by atoms with E-state index in [0.29, 0.717) is 18.5 Å². The van der Waals surface area contributed by atoms with Gasteiger partial charge in [-0.15, -0.1) is 12.3 Å². The first-order valence-corrected chi connectivity index (χ1v) is 6.94. The number of ether oxygens (including phenoxy) is 1. The van der Waals surface area contributed by atoms with Crippen LogP contribution in [0.15, 0.2) is 29.4 Å². The Bertz CT molecular complexity index is 629. The molecule has 1 aromatic carbocycles. The lowest BCUT2D eigenvalue weighted by molar-refractivity contribution is -0.121. The Balaban J connectivity index is 1.97. The molecule has 0 radical (unpaired) electrons. The minimum Gasteiger partial charge on any atom is -0.448 e. The third-order valence-electron chi connectivity index (χ3n) is 3.17. The Labute approximate surface area is 128 Å². The Morgan fingerprint density at radius 2 is 2.23 bits per heavy atom. The third-order valence-corrected chi connectivity index (χ3v) is 3.17. The predicted molar refractivity (Wildman–Crippen MR) is 83.3 cm³/mol. The number of anilines is 1. The van der Waals surface area contributed by atoms with Crippen molar-refractivity contribution in [1.29, 1.82) is 0 Å². The molecule has 1 aromatic rings. The van der Waals surface area contributed by atoms with E-state index in [-0.39, 0.29) is 18.4 Å². The first-order valence-electron chi connectivity index (χ1n) is 6.94. The van der Waals surface area contributed by atoms with E-state index in [1.54, 1.807) is 12.1 Å². The summed E-state index contributed by atoms with van der Waals surface area (Å²) in [7, 11) is 0. The molecule has 0 saturated carbocycles. The second-order valence-electron chi connectivity index (χ2n) is 4.93. The molecule has 2 N–H and O–H groups in total. The van der Waals surface area contributed by atoms with Gasteiger partial charge in [0.25, 0.3) is 0 Å². The predicted octanol–water partition coefficient (Wildman–Crippen LogP) is 2.12. The highest BCUT2D eigenvalue weighted by molar-refractivity contribution is 6.06. The van der Waals surface area contributed by atoms with E-state index in [9.17, 15) is 9.59 Å². The summed E-state index contributed by atoms with van der Waals surface area (Å²) < 4.78 is 4.90. The molecule has 0 aliphatic carbocycles. The Hall–Kier alpha value is -2.81. The van der Waals surface area contributed by atoms with Crippen LogP contribution in [0.4, 0.5) is 10.5 Å². The fourth-order valence-corrected chi connectivity index (χ4v) is 2.08. The lowest BCUT2D eigenvalue weighted by Crippen LogP contribution is -2.31. The van der Waals surface area contributed by atoms with Crippen LogP contribution in [0.5, 0.6) is 0 Å². The van der Waals surface area contributed by atoms with Crippen molar-refractivity contribution in [2.24, 2.45) is 11.0 Å². The molecule has 6 heteroatoms. The van der Waals surface area contributed by atoms with Gasteiger partial charge in [0.15, 0.2) is 0 Å². The molecular weight excluding hydrogens is 282 g/mol. The van der Waals surface area contributed by atoms with Crippen molar-refractivity contribution in [2.75, 3.05) is 11.9 Å². The maximum absolute atomic E-state index is 11.5. The molecular formula is C16H17N3O3. The summed E-state index contributed by atoms with van der Waals surface area (Å²) in [4.78, 5) is 22.7. The van der Waals surface area contributed by atoms with Crippen LogP contribution >= 0.6 is 0 Å². The number of nitrogens with zero attached hydrogens (tertiary/aromatic N) is 1. The zero-order chi connectivity index (χ0) is 15.9. The first kappa shape index (κ1) is 15.6. The molecule has 2 amide bonds. The minimum absolute atomic E-state index is 0.0567. The van der Waals surface area contributed by atoms with Gasteiger partial charge in [-0.2, -0.15) is 5.10 Å². The van der Waals surface area contributed by atoms with Gasteiger partial charge in [-0.3, -0.25) is 10.1 Å². The number of amides is 2. The molecule has 0 saturated heterocycles. The Morgan fingerprint density at radius 1 is 1.50 bits per heavy atom. The average molecular weight is 299 g/mol. The van der Waals surface area contributed by atoms with Crippen LogP contribution in [0.3, 0.4) is 0 Å². The van der Waals surface area contributed by atoms with Crippen molar-refractivity contribution >= 4 is 23.4 Å². The van der Waals surface area contributed by atoms with Crippen LogP contribution in [0.1, 0.15) is 25.3 Å². The fraction of sp³-hybridized carbons (Fsp3) is 0.312. The van der Waals surface area contributed by atoms with Gasteiger partial charge in [-0.1, -0.05) is 19.1 Å². The van der Waals surface area contributed by atoms with E-state index in [1.165, 1.54) is 0 Å². The summed E-state index contributed by atoms with van der Waals surface area (Å²) in [5.74, 6) is 2.37.